The van der Waals surface area contributed by atoms with Crippen molar-refractivity contribution in [3.63, 3.8) is 0 Å². The second-order valence-electron chi connectivity index (χ2n) is 21.9. The molecule has 4 atom stereocenters. The van der Waals surface area contributed by atoms with Crippen molar-refractivity contribution >= 4 is 46.8 Å². The standard InChI is InChI=1S/C38H37NO9.C20H20O6.C18H19NO4/c1-3-39(4-2)27-19-20-30(31(40)21-27)33(42)28-17-11-12-18-29(28)37(43)47-24-32(41)34-35(45-22-25-13-7-5-8-14-25)36(38(44)48-34)46-23-26-15-9-6-10-16-26;21-11-16(22)17-18(24-12-14-7-3-1-4-8-14)19(20(23)26-17)25-13-15-9-5-2-6-10-15;1-3-19(4-2)12-9-10-15(16(20)11-12)17(21)13-7-5-6-8-14(13)18(22)23/h5-21,32,34,40-41H,3-4,22-24H2,1-2H3;1-10,16-17,21-22H,11-13H2;5-11,20H,3-4H2,1-2H3,(H,22,23). The number of cyclic esters (lactones) is 2. The number of benzene rings is 8. The number of hydrogen-bond acceptors (Lipinski definition) is 20. The number of carboxylic acid groups (broad SMARTS) is 1. The van der Waals surface area contributed by atoms with Crippen LogP contribution in [0.2, 0.25) is 0 Å². The van der Waals surface area contributed by atoms with Gasteiger partial charge in [0.15, 0.2) is 35.3 Å². The van der Waals surface area contributed by atoms with Gasteiger partial charge < -0.3 is 73.6 Å². The summed E-state index contributed by atoms with van der Waals surface area (Å²) in [4.78, 5) is 79.7. The fraction of sp³-hybridized carbons (Fsp3) is 0.237. The van der Waals surface area contributed by atoms with Gasteiger partial charge in [0.2, 0.25) is 11.5 Å². The number of carboxylic acids is 1. The van der Waals surface area contributed by atoms with Gasteiger partial charge in [-0.2, -0.15) is 0 Å². The Morgan fingerprint density at radius 3 is 1.11 bits per heavy atom. The lowest BCUT2D eigenvalue weighted by Crippen LogP contribution is -2.34. The molecule has 21 nitrogen and oxygen atoms in total. The number of aromatic carboxylic acids is 1. The SMILES string of the molecule is CCN(CC)c1ccc(C(=O)c2ccccc2C(=O)O)c(O)c1.CCN(CC)c1ccc(C(=O)c2ccccc2C(=O)OCC(O)C2OC(=O)C(OCc3ccccc3)=C2OCc2ccccc2)c(O)c1.O=C1OC(C(O)CO)C(OCc2ccccc2)=C1OCc1ccccc1. The first-order valence-electron chi connectivity index (χ1n) is 31.4. The first kappa shape index (κ1) is 71.6. The molecule has 8 aromatic rings. The molecular formula is C76H76N2O19. The minimum atomic E-state index is -1.53. The van der Waals surface area contributed by atoms with E-state index in [1.807, 2.05) is 159 Å². The molecule has 6 N–H and O–H groups in total. The lowest BCUT2D eigenvalue weighted by atomic mass is 9.97. The number of hydrogen-bond donors (Lipinski definition) is 6. The smallest absolute Gasteiger partial charge is 0.378 e. The number of ketones is 2. The van der Waals surface area contributed by atoms with E-state index in [-0.39, 0.29) is 94.3 Å². The third-order valence-electron chi connectivity index (χ3n) is 15.5. The van der Waals surface area contributed by atoms with Crippen LogP contribution in [0.25, 0.3) is 0 Å². The molecular weight excluding hydrogens is 1240 g/mol. The van der Waals surface area contributed by atoms with Gasteiger partial charge in [0.05, 0.1) is 28.9 Å². The van der Waals surface area contributed by atoms with E-state index in [2.05, 4.69) is 0 Å². The van der Waals surface area contributed by atoms with Crippen LogP contribution in [0.5, 0.6) is 11.5 Å². The van der Waals surface area contributed by atoms with Gasteiger partial charge in [0.25, 0.3) is 0 Å². The van der Waals surface area contributed by atoms with Crippen LogP contribution in [0.15, 0.2) is 229 Å². The predicted molar refractivity (Wildman–Crippen MR) is 358 cm³/mol. The molecule has 2 heterocycles. The Bertz CT molecular complexity index is 4040. The summed E-state index contributed by atoms with van der Waals surface area (Å²) in [7, 11) is 0. The Kier molecular flexibility index (Phi) is 26.1. The van der Waals surface area contributed by atoms with Crippen molar-refractivity contribution in [1.29, 1.82) is 0 Å². The molecule has 0 spiro atoms. The third-order valence-corrected chi connectivity index (χ3v) is 15.5. The lowest BCUT2D eigenvalue weighted by Gasteiger charge is -2.21. The molecule has 2 aliphatic rings. The topological polar surface area (TPSA) is 295 Å². The van der Waals surface area contributed by atoms with Crippen LogP contribution < -0.4 is 9.80 Å². The first-order chi connectivity index (χ1) is 47.0. The highest BCUT2D eigenvalue weighted by Gasteiger charge is 2.44. The number of phenols is 2. The lowest BCUT2D eigenvalue weighted by molar-refractivity contribution is -0.149. The van der Waals surface area contributed by atoms with Gasteiger partial charge in [-0.05, 0) is 86.3 Å². The highest BCUT2D eigenvalue weighted by Crippen LogP contribution is 2.33. The molecule has 4 unspecified atom stereocenters. The van der Waals surface area contributed by atoms with Gasteiger partial charge in [0, 0.05) is 60.8 Å². The van der Waals surface area contributed by atoms with Gasteiger partial charge in [-0.15, -0.1) is 0 Å². The summed E-state index contributed by atoms with van der Waals surface area (Å²) in [5, 5.41) is 60.4. The van der Waals surface area contributed by atoms with E-state index >= 15 is 0 Å². The summed E-state index contributed by atoms with van der Waals surface area (Å²) in [5.74, 6) is -5.26. The molecule has 0 saturated heterocycles. The van der Waals surface area contributed by atoms with Crippen LogP contribution in [-0.2, 0) is 69.2 Å². The Labute approximate surface area is 561 Å². The maximum absolute atomic E-state index is 13.5. The van der Waals surface area contributed by atoms with Crippen molar-refractivity contribution in [3.8, 4) is 11.5 Å². The number of ether oxygens (including phenoxy) is 7. The van der Waals surface area contributed by atoms with Gasteiger partial charge >= 0.3 is 23.9 Å². The number of anilines is 2. The number of aromatic hydroxyl groups is 2. The largest absolute Gasteiger partial charge is 0.507 e. The summed E-state index contributed by atoms with van der Waals surface area (Å²) in [6.45, 7) is 10.3. The Balaban J connectivity index is 0.000000206. The zero-order valence-electron chi connectivity index (χ0n) is 53.9. The van der Waals surface area contributed by atoms with Gasteiger partial charge in [-0.3, -0.25) is 9.59 Å². The van der Waals surface area contributed by atoms with Crippen LogP contribution >= 0.6 is 0 Å². The van der Waals surface area contributed by atoms with Crippen LogP contribution in [0.4, 0.5) is 11.4 Å². The molecule has 97 heavy (non-hydrogen) atoms. The van der Waals surface area contributed by atoms with Crippen molar-refractivity contribution in [3.05, 3.63) is 285 Å². The maximum atomic E-state index is 13.5. The highest BCUT2D eigenvalue weighted by atomic mass is 16.6. The Morgan fingerprint density at radius 1 is 0.433 bits per heavy atom. The van der Waals surface area contributed by atoms with Crippen molar-refractivity contribution in [2.45, 2.75) is 78.5 Å². The third kappa shape index (κ3) is 18.8. The average Bonchev–Trinajstić information content (AvgIpc) is 1.74. The molecule has 0 radical (unpaired) electrons. The van der Waals surface area contributed by atoms with Crippen molar-refractivity contribution in [2.24, 2.45) is 0 Å². The van der Waals surface area contributed by atoms with Crippen LogP contribution in [0.1, 0.15) is 103 Å². The number of nitrogens with zero attached hydrogens (tertiary/aromatic N) is 2. The maximum Gasteiger partial charge on any atom is 0.378 e. The zero-order valence-corrected chi connectivity index (χ0v) is 53.9. The summed E-state index contributed by atoms with van der Waals surface area (Å²) in [6, 6.07) is 58.8. The highest BCUT2D eigenvalue weighted by molar-refractivity contribution is 6.16. The molecule has 0 fully saturated rings. The second kappa shape index (κ2) is 35.3. The fourth-order valence-corrected chi connectivity index (χ4v) is 10.3. The van der Waals surface area contributed by atoms with Gasteiger partial charge in [0.1, 0.15) is 56.7 Å². The van der Waals surface area contributed by atoms with Crippen LogP contribution in [0, 0.1) is 0 Å². The molecule has 0 bridgehead atoms. The minimum absolute atomic E-state index is 0.0125. The average molecular weight is 1320 g/mol. The van der Waals surface area contributed by atoms with E-state index in [4.69, 9.17) is 33.2 Å². The van der Waals surface area contributed by atoms with E-state index in [0.29, 0.717) is 0 Å². The number of carbonyl (C=O) groups excluding carboxylic acids is 5. The number of aliphatic hydroxyl groups is 3. The van der Waals surface area contributed by atoms with Crippen LogP contribution in [-0.4, -0.2) is 130 Å². The van der Waals surface area contributed by atoms with E-state index in [1.165, 1.54) is 48.5 Å². The van der Waals surface area contributed by atoms with E-state index in [0.717, 1.165) is 59.8 Å². The van der Waals surface area contributed by atoms with Gasteiger partial charge in [-0.25, -0.2) is 19.2 Å². The van der Waals surface area contributed by atoms with Crippen LogP contribution in [0.3, 0.4) is 0 Å². The molecule has 2 aliphatic heterocycles. The van der Waals surface area contributed by atoms with Crippen molar-refractivity contribution < 1.29 is 92.6 Å². The molecule has 0 aromatic heterocycles. The molecule has 504 valence electrons. The zero-order chi connectivity index (χ0) is 69.4. The summed E-state index contributed by atoms with van der Waals surface area (Å²) >= 11 is 0. The normalized spacial score (nSPS) is 14.5. The summed E-state index contributed by atoms with van der Waals surface area (Å²) in [5.41, 5.74) is 5.00. The molecule has 0 aliphatic carbocycles. The Morgan fingerprint density at radius 2 is 0.763 bits per heavy atom. The number of aliphatic hydroxyl groups excluding tert-OH is 3. The molecule has 0 saturated carbocycles. The number of phenolic OH excluding ortho intramolecular Hbond substituents is 2. The monoisotopic (exact) mass is 1320 g/mol. The molecule has 10 rings (SSSR count). The van der Waals surface area contributed by atoms with E-state index in [9.17, 15) is 59.4 Å². The molecule has 21 heteroatoms. The molecule has 0 amide bonds. The van der Waals surface area contributed by atoms with Gasteiger partial charge in [-0.1, -0.05) is 158 Å². The Hall–Kier alpha value is -11.3. The molecule has 8 aromatic carbocycles. The number of carbonyl (C=O) groups is 6. The predicted octanol–water partition coefficient (Wildman–Crippen LogP) is 10.6. The number of esters is 3. The number of rotatable bonds is 29. The quantitative estimate of drug-likeness (QED) is 0.0144. The summed E-state index contributed by atoms with van der Waals surface area (Å²) < 4.78 is 39.1. The van der Waals surface area contributed by atoms with Crippen molar-refractivity contribution in [2.75, 3.05) is 49.2 Å². The minimum Gasteiger partial charge on any atom is -0.507 e. The first-order valence-corrected chi connectivity index (χ1v) is 31.4. The van der Waals surface area contributed by atoms with Crippen molar-refractivity contribution in [1.82, 2.24) is 0 Å². The second-order valence-corrected chi connectivity index (χ2v) is 21.9. The van der Waals surface area contributed by atoms with E-state index in [1.54, 1.807) is 36.4 Å². The fourth-order valence-electron chi connectivity index (χ4n) is 10.3. The van der Waals surface area contributed by atoms with E-state index < -0.39 is 73.1 Å². The summed E-state index contributed by atoms with van der Waals surface area (Å²) in [6.07, 6.45) is -5.23.